The Morgan fingerprint density at radius 1 is 1.33 bits per heavy atom. The summed E-state index contributed by atoms with van der Waals surface area (Å²) in [5.41, 5.74) is -0.224. The first-order chi connectivity index (χ1) is 12.4. The molecule has 1 heterocycles. The van der Waals surface area contributed by atoms with E-state index < -0.39 is 53.3 Å². The number of aliphatic hydroxyl groups is 4. The van der Waals surface area contributed by atoms with Crippen LogP contribution in [0.15, 0.2) is 24.3 Å². The molecule has 1 fully saturated rings. The lowest BCUT2D eigenvalue weighted by Crippen LogP contribution is -2.60. The van der Waals surface area contributed by atoms with Gasteiger partial charge in [0.2, 0.25) is 0 Å². The maximum absolute atomic E-state index is 10.8. The Morgan fingerprint density at radius 3 is 2.48 bits per heavy atom. The van der Waals surface area contributed by atoms with Crippen LogP contribution in [0.3, 0.4) is 0 Å². The second kappa shape index (κ2) is 10.0. The molecule has 1 rings (SSSR count). The van der Waals surface area contributed by atoms with Crippen molar-refractivity contribution >= 4 is 10.4 Å². The van der Waals surface area contributed by atoms with Crippen molar-refractivity contribution in [1.29, 1.82) is 0 Å². The van der Waals surface area contributed by atoms with E-state index in [-0.39, 0.29) is 6.61 Å². The van der Waals surface area contributed by atoms with Gasteiger partial charge in [0.05, 0.1) is 18.8 Å². The topological polar surface area (TPSA) is 163 Å². The largest absolute Gasteiger partial charge is 0.397 e. The molecule has 1 aliphatic rings. The summed E-state index contributed by atoms with van der Waals surface area (Å²) in [5, 5.41) is 39.2. The van der Waals surface area contributed by atoms with Crippen LogP contribution < -0.4 is 0 Å². The highest BCUT2D eigenvalue weighted by molar-refractivity contribution is 7.80. The second-order valence-corrected chi connectivity index (χ2v) is 7.70. The number of allylic oxidation sites excluding steroid dienone is 1. The molecule has 27 heavy (non-hydrogen) atoms. The van der Waals surface area contributed by atoms with Gasteiger partial charge in [0.25, 0.3) is 0 Å². The highest BCUT2D eigenvalue weighted by Crippen LogP contribution is 2.25. The fourth-order valence-corrected chi connectivity index (χ4v) is 2.95. The van der Waals surface area contributed by atoms with E-state index in [9.17, 15) is 28.8 Å². The zero-order valence-corrected chi connectivity index (χ0v) is 16.1. The van der Waals surface area contributed by atoms with Crippen LogP contribution >= 0.6 is 0 Å². The van der Waals surface area contributed by atoms with Crippen LogP contribution in [0.1, 0.15) is 26.7 Å². The highest BCUT2D eigenvalue weighted by Gasteiger charge is 2.47. The van der Waals surface area contributed by atoms with E-state index >= 15 is 0 Å². The molecule has 0 radical (unpaired) electrons. The summed E-state index contributed by atoms with van der Waals surface area (Å²) in [5.74, 6) is 0. The quantitative estimate of drug-likeness (QED) is 0.229. The van der Waals surface area contributed by atoms with Crippen molar-refractivity contribution in [2.24, 2.45) is 0 Å². The van der Waals surface area contributed by atoms with E-state index in [0.29, 0.717) is 12.8 Å². The van der Waals surface area contributed by atoms with Crippen molar-refractivity contribution in [2.75, 3.05) is 13.2 Å². The Morgan fingerprint density at radius 2 is 1.96 bits per heavy atom. The lowest BCUT2D eigenvalue weighted by molar-refractivity contribution is -0.295. The Labute approximate surface area is 158 Å². The normalized spacial score (nSPS) is 32.1. The van der Waals surface area contributed by atoms with Crippen molar-refractivity contribution in [3.63, 3.8) is 0 Å². The molecule has 0 amide bonds. The summed E-state index contributed by atoms with van der Waals surface area (Å²) >= 11 is 0. The lowest BCUT2D eigenvalue weighted by Gasteiger charge is -2.40. The molecule has 0 bridgehead atoms. The molecular weight excluding hydrogens is 384 g/mol. The predicted molar refractivity (Wildman–Crippen MR) is 93.9 cm³/mol. The first-order valence-corrected chi connectivity index (χ1v) is 9.68. The molecule has 1 aliphatic heterocycles. The smallest absolute Gasteiger partial charge is 0.394 e. The van der Waals surface area contributed by atoms with Crippen LogP contribution in [-0.4, -0.2) is 82.9 Å². The number of aliphatic hydroxyl groups excluding tert-OH is 3. The number of hydrogen-bond donors (Lipinski definition) is 5. The van der Waals surface area contributed by atoms with Crippen molar-refractivity contribution in [3.05, 3.63) is 24.3 Å². The summed E-state index contributed by atoms with van der Waals surface area (Å²) in [6, 6.07) is 0. The van der Waals surface area contributed by atoms with E-state index in [0.717, 1.165) is 5.57 Å². The van der Waals surface area contributed by atoms with Gasteiger partial charge in [-0.3, -0.25) is 4.55 Å². The van der Waals surface area contributed by atoms with Crippen LogP contribution in [0, 0.1) is 0 Å². The van der Waals surface area contributed by atoms with Gasteiger partial charge in [-0.05, 0) is 26.7 Å². The zero-order chi connectivity index (χ0) is 20.8. The van der Waals surface area contributed by atoms with Crippen LogP contribution in [0.4, 0.5) is 0 Å². The average molecular weight is 412 g/mol. The molecule has 0 aromatic rings. The molecule has 6 atom stereocenters. The molecule has 11 heteroatoms. The van der Waals surface area contributed by atoms with Gasteiger partial charge in [0.1, 0.15) is 24.4 Å². The average Bonchev–Trinajstić information content (AvgIpc) is 2.57. The first kappa shape index (κ1) is 24.1. The molecule has 0 aromatic carbocycles. The number of rotatable bonds is 10. The Bertz CT molecular complexity index is 613. The molecule has 0 saturated carbocycles. The molecular formula is C16H28O10S. The third-order valence-electron chi connectivity index (χ3n) is 4.11. The van der Waals surface area contributed by atoms with Gasteiger partial charge < -0.3 is 29.9 Å². The predicted octanol–water partition coefficient (Wildman–Crippen LogP) is -0.706. The number of hydrogen-bond acceptors (Lipinski definition) is 9. The summed E-state index contributed by atoms with van der Waals surface area (Å²) in [4.78, 5) is 0. The highest BCUT2D eigenvalue weighted by atomic mass is 32.3. The van der Waals surface area contributed by atoms with Crippen molar-refractivity contribution in [1.82, 2.24) is 0 Å². The maximum Gasteiger partial charge on any atom is 0.397 e. The molecule has 6 unspecified atom stereocenters. The van der Waals surface area contributed by atoms with E-state index in [1.54, 1.807) is 13.8 Å². The van der Waals surface area contributed by atoms with Crippen molar-refractivity contribution in [2.45, 2.75) is 63.0 Å². The molecule has 0 spiro atoms. The van der Waals surface area contributed by atoms with E-state index in [4.69, 9.17) is 14.0 Å². The second-order valence-electron chi connectivity index (χ2n) is 6.66. The van der Waals surface area contributed by atoms with Gasteiger partial charge in [0, 0.05) is 0 Å². The third-order valence-corrected chi connectivity index (χ3v) is 4.58. The molecule has 5 N–H and O–H groups in total. The van der Waals surface area contributed by atoms with Gasteiger partial charge in [-0.1, -0.05) is 17.7 Å². The third kappa shape index (κ3) is 7.94. The van der Waals surface area contributed by atoms with Gasteiger partial charge >= 0.3 is 10.4 Å². The van der Waals surface area contributed by atoms with Gasteiger partial charge in [-0.25, -0.2) is 4.18 Å². The van der Waals surface area contributed by atoms with Gasteiger partial charge in [0.15, 0.2) is 6.29 Å². The molecule has 158 valence electrons. The lowest BCUT2D eigenvalue weighted by atomic mass is 9.99. The molecule has 1 saturated heterocycles. The minimum Gasteiger partial charge on any atom is -0.394 e. The Balaban J connectivity index is 2.64. The molecule has 10 nitrogen and oxygen atoms in total. The Hall–Kier alpha value is -0.890. The summed E-state index contributed by atoms with van der Waals surface area (Å²) in [6.45, 7) is 6.20. The number of ether oxygens (including phenoxy) is 2. The zero-order valence-electron chi connectivity index (χ0n) is 15.3. The van der Waals surface area contributed by atoms with E-state index in [1.165, 1.54) is 6.08 Å². The van der Waals surface area contributed by atoms with Crippen LogP contribution in [0.25, 0.3) is 0 Å². The van der Waals surface area contributed by atoms with E-state index in [1.807, 2.05) is 6.08 Å². The van der Waals surface area contributed by atoms with E-state index in [2.05, 4.69) is 10.8 Å². The van der Waals surface area contributed by atoms with Crippen LogP contribution in [0.5, 0.6) is 0 Å². The van der Waals surface area contributed by atoms with Crippen molar-refractivity contribution < 1.29 is 47.1 Å². The van der Waals surface area contributed by atoms with Gasteiger partial charge in [-0.2, -0.15) is 8.42 Å². The SMILES string of the molecule is C=CC(C)(O)CCC=C(C)COC1OC(CO)C(OS(=O)(=O)O)C(O)C1O. The van der Waals surface area contributed by atoms with Crippen LogP contribution in [0.2, 0.25) is 0 Å². The van der Waals surface area contributed by atoms with Crippen LogP contribution in [-0.2, 0) is 24.1 Å². The minimum atomic E-state index is -4.93. The fourth-order valence-electron chi connectivity index (χ4n) is 2.43. The first-order valence-electron chi connectivity index (χ1n) is 8.31. The Kier molecular flexibility index (Phi) is 8.99. The monoisotopic (exact) mass is 412 g/mol. The minimum absolute atomic E-state index is 0.0205. The summed E-state index contributed by atoms with van der Waals surface area (Å²) < 4.78 is 45.3. The standard InChI is InChI=1S/C16H28O10S/c1-4-16(3,20)7-5-6-10(2)9-24-15-13(19)12(18)14(11(8-17)25-15)26-27(21,22)23/h4,6,11-15,17-20H,1,5,7-9H2,2-3H3,(H,21,22,23). The maximum atomic E-state index is 10.8. The van der Waals surface area contributed by atoms with Gasteiger partial charge in [-0.15, -0.1) is 6.58 Å². The van der Waals surface area contributed by atoms with Crippen molar-refractivity contribution in [3.8, 4) is 0 Å². The summed E-state index contributed by atoms with van der Waals surface area (Å²) in [7, 11) is -4.93. The molecule has 0 aromatic heterocycles. The summed E-state index contributed by atoms with van der Waals surface area (Å²) in [6.07, 6.45) is -3.58. The fraction of sp³-hybridized carbons (Fsp3) is 0.750. The molecule has 0 aliphatic carbocycles.